The summed E-state index contributed by atoms with van der Waals surface area (Å²) in [6.45, 7) is 2.14. The predicted molar refractivity (Wildman–Crippen MR) is 113 cm³/mol. The largest absolute Gasteiger partial charge is 0.461 e. The Hall–Kier alpha value is -3.46. The Bertz CT molecular complexity index is 1150. The lowest BCUT2D eigenvalue weighted by Gasteiger charge is -2.09. The van der Waals surface area contributed by atoms with Crippen molar-refractivity contribution in [3.05, 3.63) is 60.3 Å². The van der Waals surface area contributed by atoms with Crippen LogP contribution in [-0.2, 0) is 19.4 Å². The average Bonchev–Trinajstić information content (AvgIpc) is 3.18. The van der Waals surface area contributed by atoms with Crippen LogP contribution in [0, 0.1) is 0 Å². The van der Waals surface area contributed by atoms with Crippen LogP contribution in [0.5, 0.6) is 0 Å². The first kappa shape index (κ1) is 21.3. The number of benzene rings is 2. The summed E-state index contributed by atoms with van der Waals surface area (Å²) in [6.07, 6.45) is 1.91. The molecule has 3 rings (SSSR count). The van der Waals surface area contributed by atoms with E-state index in [-0.39, 0.29) is 23.7 Å². The van der Waals surface area contributed by atoms with Crippen molar-refractivity contribution in [1.29, 1.82) is 0 Å². The van der Waals surface area contributed by atoms with Crippen molar-refractivity contribution in [2.75, 3.05) is 24.7 Å². The summed E-state index contributed by atoms with van der Waals surface area (Å²) in [5, 5.41) is 7.34. The highest BCUT2D eigenvalue weighted by Crippen LogP contribution is 2.26. The van der Waals surface area contributed by atoms with E-state index in [1.807, 2.05) is 0 Å². The van der Waals surface area contributed by atoms with Gasteiger partial charge in [0.15, 0.2) is 15.5 Å². The normalized spacial score (nSPS) is 11.1. The number of esters is 1. The smallest absolute Gasteiger partial charge is 0.358 e. The van der Waals surface area contributed by atoms with Gasteiger partial charge in [-0.25, -0.2) is 17.9 Å². The molecular formula is C21H21N3O5S. The van der Waals surface area contributed by atoms with E-state index in [2.05, 4.69) is 10.4 Å². The second-order valence-corrected chi connectivity index (χ2v) is 8.45. The summed E-state index contributed by atoms with van der Waals surface area (Å²) in [7, 11) is -3.32. The van der Waals surface area contributed by atoms with Gasteiger partial charge in [-0.1, -0.05) is 12.1 Å². The molecule has 1 heterocycles. The van der Waals surface area contributed by atoms with Crippen molar-refractivity contribution in [1.82, 2.24) is 9.78 Å². The standard InChI is InChI=1S/C21H21N3O5S/c1-3-29-21(26)19-14-20(15-4-10-18(11-5-15)30(2,27)28)24(23-19)17-8-6-16(7-9-17)22-12-13-25/h4-11,13-14,22H,3,12H2,1-2H3. The maximum Gasteiger partial charge on any atom is 0.358 e. The molecule has 8 nitrogen and oxygen atoms in total. The van der Waals surface area contributed by atoms with Crippen LogP contribution in [0.4, 0.5) is 5.69 Å². The zero-order valence-corrected chi connectivity index (χ0v) is 17.3. The second-order valence-electron chi connectivity index (χ2n) is 6.44. The van der Waals surface area contributed by atoms with Gasteiger partial charge in [0.1, 0.15) is 6.29 Å². The van der Waals surface area contributed by atoms with E-state index >= 15 is 0 Å². The van der Waals surface area contributed by atoms with Gasteiger partial charge in [0, 0.05) is 17.5 Å². The summed E-state index contributed by atoms with van der Waals surface area (Å²) in [5.74, 6) is -0.547. The molecule has 0 unspecified atom stereocenters. The molecule has 0 atom stereocenters. The van der Waals surface area contributed by atoms with Crippen molar-refractivity contribution in [3.8, 4) is 16.9 Å². The van der Waals surface area contributed by atoms with E-state index in [4.69, 9.17) is 4.74 Å². The lowest BCUT2D eigenvalue weighted by Crippen LogP contribution is -2.07. The molecule has 0 bridgehead atoms. The summed E-state index contributed by atoms with van der Waals surface area (Å²) in [6, 6.07) is 15.1. The van der Waals surface area contributed by atoms with Gasteiger partial charge in [0.25, 0.3) is 0 Å². The highest BCUT2D eigenvalue weighted by atomic mass is 32.2. The molecule has 156 valence electrons. The second kappa shape index (κ2) is 8.91. The Morgan fingerprint density at radius 3 is 2.37 bits per heavy atom. The number of aromatic nitrogens is 2. The van der Waals surface area contributed by atoms with Crippen molar-refractivity contribution in [2.24, 2.45) is 0 Å². The number of aldehydes is 1. The molecule has 0 amide bonds. The molecule has 0 aliphatic rings. The van der Waals surface area contributed by atoms with Gasteiger partial charge in [0.05, 0.1) is 29.4 Å². The van der Waals surface area contributed by atoms with E-state index in [0.29, 0.717) is 16.9 Å². The third-order valence-corrected chi connectivity index (χ3v) is 5.40. The third-order valence-electron chi connectivity index (χ3n) is 4.27. The average molecular weight is 427 g/mol. The van der Waals surface area contributed by atoms with E-state index < -0.39 is 15.8 Å². The maximum atomic E-state index is 12.2. The molecule has 0 fully saturated rings. The molecule has 30 heavy (non-hydrogen) atoms. The van der Waals surface area contributed by atoms with E-state index in [0.717, 1.165) is 18.2 Å². The Morgan fingerprint density at radius 1 is 1.13 bits per heavy atom. The fourth-order valence-electron chi connectivity index (χ4n) is 2.84. The van der Waals surface area contributed by atoms with Crippen LogP contribution in [0.3, 0.4) is 0 Å². The third kappa shape index (κ3) is 4.74. The van der Waals surface area contributed by atoms with Crippen LogP contribution < -0.4 is 5.32 Å². The SMILES string of the molecule is CCOC(=O)c1cc(-c2ccc(S(C)(=O)=O)cc2)n(-c2ccc(NCC=O)cc2)n1. The number of hydrogen-bond acceptors (Lipinski definition) is 7. The van der Waals surface area contributed by atoms with Crippen LogP contribution >= 0.6 is 0 Å². The van der Waals surface area contributed by atoms with Crippen LogP contribution in [0.15, 0.2) is 59.5 Å². The lowest BCUT2D eigenvalue weighted by atomic mass is 10.1. The summed E-state index contributed by atoms with van der Waals surface area (Å²) >= 11 is 0. The number of hydrogen-bond donors (Lipinski definition) is 1. The minimum Gasteiger partial charge on any atom is -0.461 e. The molecule has 0 aliphatic heterocycles. The molecule has 2 aromatic carbocycles. The topological polar surface area (TPSA) is 107 Å². The number of ether oxygens (including phenoxy) is 1. The van der Waals surface area contributed by atoms with Gasteiger partial charge in [-0.3, -0.25) is 0 Å². The van der Waals surface area contributed by atoms with Gasteiger partial charge in [-0.2, -0.15) is 5.10 Å². The molecule has 9 heteroatoms. The van der Waals surface area contributed by atoms with E-state index in [1.165, 1.54) is 12.1 Å². The van der Waals surface area contributed by atoms with E-state index in [9.17, 15) is 18.0 Å². The first-order chi connectivity index (χ1) is 14.3. The number of sulfone groups is 1. The number of anilines is 1. The maximum absolute atomic E-state index is 12.2. The molecule has 0 spiro atoms. The minimum absolute atomic E-state index is 0.141. The molecular weight excluding hydrogens is 406 g/mol. The van der Waals surface area contributed by atoms with E-state index in [1.54, 1.807) is 54.1 Å². The number of carbonyl (C=O) groups is 2. The molecule has 0 saturated heterocycles. The predicted octanol–water partition coefficient (Wildman–Crippen LogP) is 2.73. The fourth-order valence-corrected chi connectivity index (χ4v) is 3.47. The highest BCUT2D eigenvalue weighted by molar-refractivity contribution is 7.90. The first-order valence-corrected chi connectivity index (χ1v) is 11.1. The summed E-state index contributed by atoms with van der Waals surface area (Å²) in [5.41, 5.74) is 2.88. The zero-order chi connectivity index (χ0) is 21.7. The molecule has 1 aromatic heterocycles. The van der Waals surface area contributed by atoms with Crippen molar-refractivity contribution < 1.29 is 22.7 Å². The first-order valence-electron chi connectivity index (χ1n) is 9.19. The Morgan fingerprint density at radius 2 is 1.80 bits per heavy atom. The van der Waals surface area contributed by atoms with Crippen LogP contribution in [0.2, 0.25) is 0 Å². The van der Waals surface area contributed by atoms with Crippen molar-refractivity contribution in [3.63, 3.8) is 0 Å². The van der Waals surface area contributed by atoms with Crippen molar-refractivity contribution >= 4 is 27.8 Å². The quantitative estimate of drug-likeness (QED) is 0.435. The number of rotatable bonds is 8. The fraction of sp³-hybridized carbons (Fsp3) is 0.190. The van der Waals surface area contributed by atoms with Gasteiger partial charge in [-0.05, 0) is 49.4 Å². The van der Waals surface area contributed by atoms with Crippen LogP contribution in [0.25, 0.3) is 16.9 Å². The minimum atomic E-state index is -3.32. The van der Waals surface area contributed by atoms with Gasteiger partial charge in [0.2, 0.25) is 0 Å². The van der Waals surface area contributed by atoms with Crippen LogP contribution in [0.1, 0.15) is 17.4 Å². The number of carbonyl (C=O) groups excluding carboxylic acids is 2. The van der Waals surface area contributed by atoms with Gasteiger partial charge in [-0.15, -0.1) is 0 Å². The molecule has 0 saturated carbocycles. The monoisotopic (exact) mass is 427 g/mol. The Labute approximate surface area is 174 Å². The lowest BCUT2D eigenvalue weighted by molar-refractivity contribution is -0.106. The number of nitrogens with zero attached hydrogens (tertiary/aromatic N) is 2. The number of nitrogens with one attached hydrogen (secondary N) is 1. The zero-order valence-electron chi connectivity index (χ0n) is 16.5. The molecule has 0 aliphatic carbocycles. The molecule has 0 radical (unpaired) electrons. The molecule has 1 N–H and O–H groups in total. The van der Waals surface area contributed by atoms with Gasteiger partial charge >= 0.3 is 5.97 Å². The highest BCUT2D eigenvalue weighted by Gasteiger charge is 2.18. The molecule has 3 aromatic rings. The van der Waals surface area contributed by atoms with Gasteiger partial charge < -0.3 is 14.8 Å². The summed E-state index contributed by atoms with van der Waals surface area (Å²) in [4.78, 5) is 22.9. The van der Waals surface area contributed by atoms with Crippen LogP contribution in [-0.4, -0.2) is 49.9 Å². The van der Waals surface area contributed by atoms with Crippen molar-refractivity contribution in [2.45, 2.75) is 11.8 Å². The Kier molecular flexibility index (Phi) is 6.31. The Balaban J connectivity index is 2.05. The summed E-state index contributed by atoms with van der Waals surface area (Å²) < 4.78 is 30.1.